The number of nitrogens with zero attached hydrogens (tertiary/aromatic N) is 2. The van der Waals surface area contributed by atoms with E-state index >= 15 is 0 Å². The van der Waals surface area contributed by atoms with Crippen molar-refractivity contribution in [1.29, 1.82) is 0 Å². The highest BCUT2D eigenvalue weighted by Gasteiger charge is 2.39. The number of fused-ring (bicyclic) bond motifs is 1. The third-order valence-electron chi connectivity index (χ3n) is 5.92. The number of hydrogen-bond donors (Lipinski definition) is 1. The van der Waals surface area contributed by atoms with E-state index in [-0.39, 0.29) is 5.91 Å². The van der Waals surface area contributed by atoms with Crippen molar-refractivity contribution in [3.05, 3.63) is 34.9 Å². The third kappa shape index (κ3) is 3.35. The largest absolute Gasteiger partial charge is 0.387 e. The van der Waals surface area contributed by atoms with Gasteiger partial charge in [-0.25, -0.2) is 0 Å². The van der Waals surface area contributed by atoms with E-state index in [4.69, 9.17) is 0 Å². The van der Waals surface area contributed by atoms with Crippen molar-refractivity contribution in [1.82, 2.24) is 9.80 Å². The molecule has 2 aliphatic heterocycles. The van der Waals surface area contributed by atoms with Gasteiger partial charge in [-0.2, -0.15) is 0 Å². The molecule has 1 aromatic rings. The lowest BCUT2D eigenvalue weighted by Gasteiger charge is -2.28. The monoisotopic (exact) mass is 328 g/mol. The summed E-state index contributed by atoms with van der Waals surface area (Å²) in [4.78, 5) is 16.8. The first-order chi connectivity index (χ1) is 11.6. The Labute approximate surface area is 144 Å². The van der Waals surface area contributed by atoms with Crippen LogP contribution in [0.15, 0.2) is 18.2 Å². The van der Waals surface area contributed by atoms with E-state index in [1.807, 2.05) is 4.90 Å². The molecule has 0 bridgehead atoms. The van der Waals surface area contributed by atoms with Gasteiger partial charge in [-0.3, -0.25) is 4.79 Å². The van der Waals surface area contributed by atoms with Gasteiger partial charge >= 0.3 is 0 Å². The lowest BCUT2D eigenvalue weighted by molar-refractivity contribution is -0.130. The fourth-order valence-electron chi connectivity index (χ4n) is 4.58. The molecule has 1 atom stereocenters. The van der Waals surface area contributed by atoms with Gasteiger partial charge in [-0.05, 0) is 68.3 Å². The van der Waals surface area contributed by atoms with Crippen molar-refractivity contribution in [2.24, 2.45) is 0 Å². The summed E-state index contributed by atoms with van der Waals surface area (Å²) in [6.07, 6.45) is 7.21. The summed E-state index contributed by atoms with van der Waals surface area (Å²) in [5.74, 6) is 0.158. The number of aliphatic hydroxyl groups is 1. The molecule has 0 radical (unpaired) electrons. The summed E-state index contributed by atoms with van der Waals surface area (Å²) in [6.45, 7) is 4.08. The van der Waals surface area contributed by atoms with Gasteiger partial charge in [0, 0.05) is 13.1 Å². The molecule has 1 N–H and O–H groups in total. The predicted molar refractivity (Wildman–Crippen MR) is 94.0 cm³/mol. The smallest absolute Gasteiger partial charge is 0.227 e. The van der Waals surface area contributed by atoms with Crippen molar-refractivity contribution < 1.29 is 9.90 Å². The fourth-order valence-corrected chi connectivity index (χ4v) is 4.58. The second kappa shape index (κ2) is 6.49. The van der Waals surface area contributed by atoms with Crippen molar-refractivity contribution in [2.75, 3.05) is 32.7 Å². The molecule has 1 aliphatic carbocycles. The number of aryl methyl sites for hydroxylation is 2. The normalized spacial score (nSPS) is 27.0. The van der Waals surface area contributed by atoms with E-state index in [0.29, 0.717) is 25.9 Å². The summed E-state index contributed by atoms with van der Waals surface area (Å²) in [5, 5.41) is 10.8. The van der Waals surface area contributed by atoms with Crippen LogP contribution < -0.4 is 0 Å². The van der Waals surface area contributed by atoms with E-state index in [0.717, 1.165) is 31.6 Å². The van der Waals surface area contributed by atoms with E-state index in [1.165, 1.54) is 36.8 Å². The second-order valence-electron chi connectivity index (χ2n) is 7.91. The average molecular weight is 328 g/mol. The van der Waals surface area contributed by atoms with Gasteiger partial charge in [-0.1, -0.05) is 18.2 Å². The zero-order chi connectivity index (χ0) is 16.6. The number of likely N-dealkylation sites (tertiary alicyclic amines) is 2. The highest BCUT2D eigenvalue weighted by molar-refractivity contribution is 5.79. The number of carbonyl (C=O) groups excluding carboxylic acids is 1. The Kier molecular flexibility index (Phi) is 4.35. The van der Waals surface area contributed by atoms with Crippen molar-refractivity contribution in [2.45, 2.75) is 50.5 Å². The van der Waals surface area contributed by atoms with E-state index in [2.05, 4.69) is 23.1 Å². The topological polar surface area (TPSA) is 43.8 Å². The Balaban J connectivity index is 1.35. The fraction of sp³-hybridized carbons (Fsp3) is 0.650. The number of β-amino-alcohol motifs (C(OH)–C–C–N with tert-alkyl or cyclic N) is 1. The first-order valence-electron chi connectivity index (χ1n) is 9.45. The molecular formula is C20H28N2O2. The van der Waals surface area contributed by atoms with Crippen LogP contribution >= 0.6 is 0 Å². The van der Waals surface area contributed by atoms with E-state index in [1.54, 1.807) is 0 Å². The lowest BCUT2D eigenvalue weighted by Crippen LogP contribution is -2.45. The van der Waals surface area contributed by atoms with Crippen molar-refractivity contribution >= 4 is 5.91 Å². The molecule has 130 valence electrons. The molecule has 24 heavy (non-hydrogen) atoms. The van der Waals surface area contributed by atoms with E-state index in [9.17, 15) is 9.90 Å². The van der Waals surface area contributed by atoms with Gasteiger partial charge in [-0.15, -0.1) is 0 Å². The molecule has 2 heterocycles. The summed E-state index contributed by atoms with van der Waals surface area (Å²) in [7, 11) is 0. The number of rotatable bonds is 4. The first kappa shape index (κ1) is 16.1. The van der Waals surface area contributed by atoms with Crippen molar-refractivity contribution in [3.63, 3.8) is 0 Å². The standard InChI is InChI=1S/C20H28N2O2/c23-19(13-16-6-7-17-4-3-5-18(17)12-16)22-11-8-20(24,15-22)14-21-9-1-2-10-21/h6-7,12,24H,1-5,8-11,13-15H2. The first-order valence-corrected chi connectivity index (χ1v) is 9.45. The van der Waals surface area contributed by atoms with Gasteiger partial charge in [0.15, 0.2) is 0 Å². The summed E-state index contributed by atoms with van der Waals surface area (Å²) in [6, 6.07) is 6.51. The molecule has 4 rings (SSSR count). The van der Waals surface area contributed by atoms with Gasteiger partial charge in [0.2, 0.25) is 5.91 Å². The molecule has 0 aromatic heterocycles. The molecule has 0 spiro atoms. The molecule has 0 saturated carbocycles. The zero-order valence-electron chi connectivity index (χ0n) is 14.5. The summed E-state index contributed by atoms with van der Waals surface area (Å²) >= 11 is 0. The summed E-state index contributed by atoms with van der Waals surface area (Å²) in [5.41, 5.74) is 3.29. The highest BCUT2D eigenvalue weighted by Crippen LogP contribution is 2.26. The minimum absolute atomic E-state index is 0.158. The van der Waals surface area contributed by atoms with Gasteiger partial charge in [0.05, 0.1) is 18.6 Å². The van der Waals surface area contributed by atoms with E-state index < -0.39 is 5.60 Å². The Morgan fingerprint density at radius 2 is 1.88 bits per heavy atom. The van der Waals surface area contributed by atoms with Crippen LogP contribution in [-0.4, -0.2) is 59.1 Å². The van der Waals surface area contributed by atoms with Gasteiger partial charge < -0.3 is 14.9 Å². The minimum Gasteiger partial charge on any atom is -0.387 e. The highest BCUT2D eigenvalue weighted by atomic mass is 16.3. The predicted octanol–water partition coefficient (Wildman–Crippen LogP) is 1.78. The lowest BCUT2D eigenvalue weighted by atomic mass is 10.0. The zero-order valence-corrected chi connectivity index (χ0v) is 14.5. The second-order valence-corrected chi connectivity index (χ2v) is 7.91. The average Bonchev–Trinajstić information content (AvgIpc) is 3.28. The molecule has 1 aromatic carbocycles. The van der Waals surface area contributed by atoms with Crippen molar-refractivity contribution in [3.8, 4) is 0 Å². The molecule has 4 heteroatoms. The number of amides is 1. The van der Waals surface area contributed by atoms with Crippen LogP contribution in [0.5, 0.6) is 0 Å². The Morgan fingerprint density at radius 3 is 2.71 bits per heavy atom. The Bertz CT molecular complexity index is 624. The SMILES string of the molecule is O=C(Cc1ccc2c(c1)CCC2)N1CCC(O)(CN2CCCC2)C1. The van der Waals surface area contributed by atoms with Crippen LogP contribution in [-0.2, 0) is 24.1 Å². The van der Waals surface area contributed by atoms with Crippen LogP contribution in [0.4, 0.5) is 0 Å². The quantitative estimate of drug-likeness (QED) is 0.916. The number of carbonyl (C=O) groups is 1. The molecule has 1 unspecified atom stereocenters. The van der Waals surface area contributed by atoms with Gasteiger partial charge in [0.1, 0.15) is 0 Å². The Hall–Kier alpha value is -1.39. The minimum atomic E-state index is -0.710. The maximum Gasteiger partial charge on any atom is 0.227 e. The molecule has 1 amide bonds. The van der Waals surface area contributed by atoms with Crippen LogP contribution in [0.25, 0.3) is 0 Å². The van der Waals surface area contributed by atoms with Crippen LogP contribution in [0, 0.1) is 0 Å². The molecule has 3 aliphatic rings. The number of benzene rings is 1. The third-order valence-corrected chi connectivity index (χ3v) is 5.92. The maximum atomic E-state index is 12.6. The number of hydrogen-bond acceptors (Lipinski definition) is 3. The molecule has 2 saturated heterocycles. The molecule has 4 nitrogen and oxygen atoms in total. The van der Waals surface area contributed by atoms with Crippen LogP contribution in [0.3, 0.4) is 0 Å². The Morgan fingerprint density at radius 1 is 1.08 bits per heavy atom. The van der Waals surface area contributed by atoms with Crippen LogP contribution in [0.2, 0.25) is 0 Å². The van der Waals surface area contributed by atoms with Gasteiger partial charge in [0.25, 0.3) is 0 Å². The molecule has 2 fully saturated rings. The maximum absolute atomic E-state index is 12.6. The summed E-state index contributed by atoms with van der Waals surface area (Å²) < 4.78 is 0. The molecular weight excluding hydrogens is 300 g/mol. The van der Waals surface area contributed by atoms with Crippen LogP contribution in [0.1, 0.15) is 42.4 Å².